The Balaban J connectivity index is 3.15. The van der Waals surface area contributed by atoms with E-state index in [1.165, 1.54) is 6.33 Å². The fourth-order valence-electron chi connectivity index (χ4n) is 1.48. The van der Waals surface area contributed by atoms with Gasteiger partial charge >= 0.3 is 5.97 Å². The molecule has 0 aliphatic carbocycles. The van der Waals surface area contributed by atoms with Gasteiger partial charge in [0.25, 0.3) is 0 Å². The molecule has 6 heteroatoms. The molecule has 0 aromatic carbocycles. The molecule has 0 unspecified atom stereocenters. The van der Waals surface area contributed by atoms with Gasteiger partial charge in [0.15, 0.2) is 0 Å². The predicted molar refractivity (Wildman–Crippen MR) is 61.9 cm³/mol. The zero-order chi connectivity index (χ0) is 12.1. The van der Waals surface area contributed by atoms with Crippen molar-refractivity contribution in [2.45, 2.75) is 20.3 Å². The highest BCUT2D eigenvalue weighted by atomic mass is 35.5. The molecule has 5 nitrogen and oxygen atoms in total. The summed E-state index contributed by atoms with van der Waals surface area (Å²) in [6.07, 6.45) is 1.19. The molecule has 1 aromatic heterocycles. The fraction of sp³-hybridized carbons (Fsp3) is 0.500. The van der Waals surface area contributed by atoms with E-state index < -0.39 is 5.97 Å². The summed E-state index contributed by atoms with van der Waals surface area (Å²) in [4.78, 5) is 20.6. The van der Waals surface area contributed by atoms with Crippen molar-refractivity contribution < 1.29 is 9.90 Å². The molecule has 1 aromatic rings. The second-order valence-electron chi connectivity index (χ2n) is 3.21. The Labute approximate surface area is 99.1 Å². The minimum absolute atomic E-state index is 0.161. The van der Waals surface area contributed by atoms with Crippen LogP contribution in [0.3, 0.4) is 0 Å². The van der Waals surface area contributed by atoms with Gasteiger partial charge in [-0.05, 0) is 13.8 Å². The number of carbonyl (C=O) groups is 1. The number of hydrogen-bond donors (Lipinski definition) is 1. The quantitative estimate of drug-likeness (QED) is 0.796. The number of nitrogens with zero attached hydrogens (tertiary/aromatic N) is 3. The maximum absolute atomic E-state index is 10.7. The monoisotopic (exact) mass is 243 g/mol. The summed E-state index contributed by atoms with van der Waals surface area (Å²) in [7, 11) is 0. The largest absolute Gasteiger partial charge is 0.481 e. The highest BCUT2D eigenvalue weighted by Crippen LogP contribution is 2.23. The normalized spacial score (nSPS) is 10.2. The highest BCUT2D eigenvalue weighted by Gasteiger charge is 2.16. The van der Waals surface area contributed by atoms with Crippen LogP contribution >= 0.6 is 11.6 Å². The fourth-order valence-corrected chi connectivity index (χ4v) is 1.68. The number of rotatable bonds is 5. The van der Waals surface area contributed by atoms with Crippen LogP contribution in [-0.4, -0.2) is 34.1 Å². The SMILES string of the molecule is CCN(CC)c1ncnc(Cl)c1CC(=O)O. The van der Waals surface area contributed by atoms with Crippen LogP contribution in [-0.2, 0) is 11.2 Å². The molecular weight excluding hydrogens is 230 g/mol. The average molecular weight is 244 g/mol. The molecule has 0 fully saturated rings. The van der Waals surface area contributed by atoms with Gasteiger partial charge in [0.1, 0.15) is 17.3 Å². The Kier molecular flexibility index (Phi) is 4.49. The van der Waals surface area contributed by atoms with Crippen LogP contribution in [0.2, 0.25) is 5.15 Å². The Morgan fingerprint density at radius 3 is 2.56 bits per heavy atom. The van der Waals surface area contributed by atoms with E-state index >= 15 is 0 Å². The molecule has 0 bridgehead atoms. The topological polar surface area (TPSA) is 66.3 Å². The van der Waals surface area contributed by atoms with E-state index in [1.807, 2.05) is 18.7 Å². The lowest BCUT2D eigenvalue weighted by atomic mass is 10.2. The van der Waals surface area contributed by atoms with Crippen molar-refractivity contribution >= 4 is 23.4 Å². The minimum atomic E-state index is -0.940. The summed E-state index contributed by atoms with van der Waals surface area (Å²) >= 11 is 5.89. The summed E-state index contributed by atoms with van der Waals surface area (Å²) < 4.78 is 0. The summed E-state index contributed by atoms with van der Waals surface area (Å²) in [5.41, 5.74) is 0.473. The molecule has 0 aliphatic rings. The standard InChI is InChI=1S/C10H14ClN3O2/c1-3-14(4-2)10-7(5-8(15)16)9(11)12-6-13-10/h6H,3-5H2,1-2H3,(H,15,16). The van der Waals surface area contributed by atoms with Gasteiger partial charge < -0.3 is 10.0 Å². The molecule has 88 valence electrons. The van der Waals surface area contributed by atoms with Crippen LogP contribution < -0.4 is 4.90 Å². The Morgan fingerprint density at radius 1 is 1.44 bits per heavy atom. The van der Waals surface area contributed by atoms with Crippen LogP contribution in [0.15, 0.2) is 6.33 Å². The lowest BCUT2D eigenvalue weighted by Gasteiger charge is -2.22. The number of aliphatic carboxylic acids is 1. The van der Waals surface area contributed by atoms with Crippen LogP contribution in [0.1, 0.15) is 19.4 Å². The molecule has 1 N–H and O–H groups in total. The first kappa shape index (κ1) is 12.7. The predicted octanol–water partition coefficient (Wildman–Crippen LogP) is 1.60. The van der Waals surface area contributed by atoms with Gasteiger partial charge in [-0.25, -0.2) is 9.97 Å². The number of halogens is 1. The first-order valence-corrected chi connectivity index (χ1v) is 5.44. The van der Waals surface area contributed by atoms with E-state index in [1.54, 1.807) is 0 Å². The van der Waals surface area contributed by atoms with Crippen molar-refractivity contribution in [1.29, 1.82) is 0 Å². The van der Waals surface area contributed by atoms with Gasteiger partial charge in [-0.15, -0.1) is 0 Å². The van der Waals surface area contributed by atoms with Crippen molar-refractivity contribution in [1.82, 2.24) is 9.97 Å². The Hall–Kier alpha value is -1.36. The van der Waals surface area contributed by atoms with Crippen molar-refractivity contribution in [3.05, 3.63) is 17.0 Å². The molecule has 0 aliphatic heterocycles. The third-order valence-electron chi connectivity index (χ3n) is 2.26. The molecule has 0 saturated carbocycles. The smallest absolute Gasteiger partial charge is 0.308 e. The van der Waals surface area contributed by atoms with E-state index in [-0.39, 0.29) is 11.6 Å². The van der Waals surface area contributed by atoms with Gasteiger partial charge in [0, 0.05) is 18.7 Å². The number of carboxylic acid groups (broad SMARTS) is 1. The first-order chi connectivity index (χ1) is 7.60. The maximum atomic E-state index is 10.7. The van der Waals surface area contributed by atoms with E-state index in [2.05, 4.69) is 9.97 Å². The molecule has 1 rings (SSSR count). The number of carboxylic acids is 1. The molecular formula is C10H14ClN3O2. The van der Waals surface area contributed by atoms with Crippen molar-refractivity contribution in [3.8, 4) is 0 Å². The van der Waals surface area contributed by atoms with E-state index in [0.29, 0.717) is 11.4 Å². The van der Waals surface area contributed by atoms with E-state index in [0.717, 1.165) is 13.1 Å². The van der Waals surface area contributed by atoms with Gasteiger partial charge in [0.05, 0.1) is 6.42 Å². The molecule has 0 radical (unpaired) electrons. The maximum Gasteiger partial charge on any atom is 0.308 e. The van der Waals surface area contributed by atoms with E-state index in [9.17, 15) is 4.79 Å². The molecule has 0 spiro atoms. The summed E-state index contributed by atoms with van der Waals surface area (Å²) in [6.45, 7) is 5.45. The van der Waals surface area contributed by atoms with Crippen molar-refractivity contribution in [3.63, 3.8) is 0 Å². The lowest BCUT2D eigenvalue weighted by molar-refractivity contribution is -0.136. The summed E-state index contributed by atoms with van der Waals surface area (Å²) in [5, 5.41) is 9.02. The highest BCUT2D eigenvalue weighted by molar-refractivity contribution is 6.30. The number of aromatic nitrogens is 2. The van der Waals surface area contributed by atoms with Crippen molar-refractivity contribution in [2.24, 2.45) is 0 Å². The number of hydrogen-bond acceptors (Lipinski definition) is 4. The van der Waals surface area contributed by atoms with Gasteiger partial charge in [-0.1, -0.05) is 11.6 Å². The second-order valence-corrected chi connectivity index (χ2v) is 3.57. The summed E-state index contributed by atoms with van der Waals surface area (Å²) in [6, 6.07) is 0. The number of anilines is 1. The van der Waals surface area contributed by atoms with Gasteiger partial charge in [-0.2, -0.15) is 0 Å². The summed E-state index contributed by atoms with van der Waals surface area (Å²) in [5.74, 6) is -0.336. The van der Waals surface area contributed by atoms with Gasteiger partial charge in [-0.3, -0.25) is 4.79 Å². The van der Waals surface area contributed by atoms with Crippen molar-refractivity contribution in [2.75, 3.05) is 18.0 Å². The molecule has 16 heavy (non-hydrogen) atoms. The first-order valence-electron chi connectivity index (χ1n) is 5.06. The third-order valence-corrected chi connectivity index (χ3v) is 2.59. The van der Waals surface area contributed by atoms with Crippen LogP contribution in [0.5, 0.6) is 0 Å². The third kappa shape index (κ3) is 2.82. The Morgan fingerprint density at radius 2 is 2.06 bits per heavy atom. The molecule has 0 atom stereocenters. The zero-order valence-corrected chi connectivity index (χ0v) is 10.0. The zero-order valence-electron chi connectivity index (χ0n) is 9.27. The molecule has 0 amide bonds. The Bertz CT molecular complexity index is 380. The van der Waals surface area contributed by atoms with Crippen LogP contribution in [0.25, 0.3) is 0 Å². The lowest BCUT2D eigenvalue weighted by Crippen LogP contribution is -2.25. The van der Waals surface area contributed by atoms with Gasteiger partial charge in [0.2, 0.25) is 0 Å². The molecule has 0 saturated heterocycles. The van der Waals surface area contributed by atoms with Crippen LogP contribution in [0, 0.1) is 0 Å². The van der Waals surface area contributed by atoms with E-state index in [4.69, 9.17) is 16.7 Å². The van der Waals surface area contributed by atoms with Crippen LogP contribution in [0.4, 0.5) is 5.82 Å². The average Bonchev–Trinajstić information content (AvgIpc) is 2.24. The minimum Gasteiger partial charge on any atom is -0.481 e. The molecule has 1 heterocycles. The second kappa shape index (κ2) is 5.65.